The fourth-order valence-electron chi connectivity index (χ4n) is 3.69. The molecule has 45 heavy (non-hydrogen) atoms. The van der Waals surface area contributed by atoms with Gasteiger partial charge < -0.3 is 10.1 Å². The number of hydrogen-bond donors (Lipinski definition) is 1. The van der Waals surface area contributed by atoms with Gasteiger partial charge in [0, 0.05) is 24.8 Å². The van der Waals surface area contributed by atoms with Gasteiger partial charge in [-0.1, -0.05) is 17.7 Å². The Bertz CT molecular complexity index is 1570. The Labute approximate surface area is 247 Å². The van der Waals surface area contributed by atoms with Crippen molar-refractivity contribution in [3.63, 3.8) is 0 Å². The number of benzene rings is 1. The van der Waals surface area contributed by atoms with Crippen molar-refractivity contribution in [2.24, 2.45) is 7.05 Å². The highest BCUT2D eigenvalue weighted by molar-refractivity contribution is 6.34. The number of nitrogens with one attached hydrogen (secondary N) is 1. The molecule has 1 aliphatic rings. The molecule has 1 N–H and O–H groups in total. The average Bonchev–Trinajstić information content (AvgIpc) is 3.41. The fraction of sp³-hybridized carbons (Fsp3) is 0.435. The molecule has 2 heterocycles. The van der Waals surface area contributed by atoms with Crippen LogP contribution in [-0.4, -0.2) is 62.8 Å². The summed E-state index contributed by atoms with van der Waals surface area (Å²) in [6, 6.07) is 4.09. The predicted octanol–water partition coefficient (Wildman–Crippen LogP) is 6.55. The number of halogens is 13. The van der Waals surface area contributed by atoms with Crippen molar-refractivity contribution in [3.05, 3.63) is 46.7 Å². The molecule has 0 spiro atoms. The summed E-state index contributed by atoms with van der Waals surface area (Å²) in [5.41, 5.74) is -1.44. The van der Waals surface area contributed by atoms with Crippen LogP contribution in [0.4, 0.5) is 52.7 Å². The Balaban J connectivity index is 1.59. The average molecular weight is 690 g/mol. The van der Waals surface area contributed by atoms with E-state index in [1.165, 1.54) is 18.2 Å². The summed E-state index contributed by atoms with van der Waals surface area (Å²) in [5.74, 6) is -3.16. The van der Waals surface area contributed by atoms with E-state index in [0.717, 1.165) is 32.3 Å². The maximum absolute atomic E-state index is 14.0. The summed E-state index contributed by atoms with van der Waals surface area (Å²) in [5, 5.41) is 9.84. The first kappa shape index (κ1) is 34.2. The van der Waals surface area contributed by atoms with E-state index in [9.17, 15) is 57.5 Å². The lowest BCUT2D eigenvalue weighted by Crippen LogP contribution is -2.52. The molecule has 1 amide bonds. The summed E-state index contributed by atoms with van der Waals surface area (Å²) in [7, 11) is 0.874. The van der Waals surface area contributed by atoms with E-state index in [1.54, 1.807) is 0 Å². The molecule has 0 bridgehead atoms. The first-order chi connectivity index (χ1) is 20.5. The monoisotopic (exact) mass is 689 g/mol. The number of amides is 1. The molecule has 4 rings (SSSR count). The second-order valence-electron chi connectivity index (χ2n) is 9.35. The first-order valence-electron chi connectivity index (χ1n) is 12.0. The van der Waals surface area contributed by atoms with Gasteiger partial charge in [-0.25, -0.2) is 18.8 Å². The Morgan fingerprint density at radius 3 is 2.18 bits per heavy atom. The van der Waals surface area contributed by atoms with Crippen molar-refractivity contribution in [3.8, 4) is 22.8 Å². The van der Waals surface area contributed by atoms with Crippen LogP contribution in [0, 0.1) is 0 Å². The summed E-state index contributed by atoms with van der Waals surface area (Å²) >= 11 is 6.10. The predicted molar refractivity (Wildman–Crippen MR) is 125 cm³/mol. The number of aryl methyl sites for hydroxylation is 1. The van der Waals surface area contributed by atoms with E-state index in [1.807, 2.05) is 4.74 Å². The summed E-state index contributed by atoms with van der Waals surface area (Å²) < 4.78 is 169. The number of carbonyl (C=O) groups is 1. The topological polar surface area (TPSA) is 92.4 Å². The molecule has 1 fully saturated rings. The van der Waals surface area contributed by atoms with Crippen molar-refractivity contribution >= 4 is 17.5 Å². The van der Waals surface area contributed by atoms with Gasteiger partial charge in [-0.15, -0.1) is 18.3 Å². The highest BCUT2D eigenvalue weighted by Crippen LogP contribution is 2.44. The Morgan fingerprint density at radius 1 is 0.978 bits per heavy atom. The van der Waals surface area contributed by atoms with Gasteiger partial charge in [0.2, 0.25) is 5.88 Å². The zero-order chi connectivity index (χ0) is 33.8. The molecule has 9 nitrogen and oxygen atoms in total. The van der Waals surface area contributed by atoms with Crippen molar-refractivity contribution in [2.75, 3.05) is 6.61 Å². The second kappa shape index (κ2) is 11.6. The van der Waals surface area contributed by atoms with E-state index >= 15 is 0 Å². The van der Waals surface area contributed by atoms with Gasteiger partial charge in [-0.2, -0.15) is 44.6 Å². The second-order valence-corrected chi connectivity index (χ2v) is 9.76. The molecule has 3 aromatic rings. The Kier molecular flexibility index (Phi) is 8.79. The van der Waals surface area contributed by atoms with Crippen molar-refractivity contribution in [2.45, 2.75) is 49.7 Å². The van der Waals surface area contributed by atoms with Crippen LogP contribution in [-0.2, 0) is 22.7 Å². The van der Waals surface area contributed by atoms with E-state index < -0.39 is 60.6 Å². The van der Waals surface area contributed by atoms with E-state index in [2.05, 4.69) is 25.0 Å². The fourth-order valence-corrected chi connectivity index (χ4v) is 3.90. The highest BCUT2D eigenvalue weighted by Gasteiger charge is 2.68. The number of aromatic nitrogens is 4. The number of nitrogens with zero attached hydrogens (tertiary/aromatic N) is 4. The highest BCUT2D eigenvalue weighted by atomic mass is 35.5. The van der Waals surface area contributed by atoms with Crippen molar-refractivity contribution in [1.82, 2.24) is 24.9 Å². The zero-order valence-corrected chi connectivity index (χ0v) is 22.7. The van der Waals surface area contributed by atoms with Crippen LogP contribution >= 0.6 is 11.6 Å². The smallest absolute Gasteiger partial charge is 0.467 e. The molecule has 1 aromatic carbocycles. The molecule has 22 heteroatoms. The van der Waals surface area contributed by atoms with Crippen molar-refractivity contribution < 1.29 is 71.7 Å². The van der Waals surface area contributed by atoms with Crippen LogP contribution < -0.4 is 10.1 Å². The number of carbonyl (C=O) groups excluding carboxylic acids is 1. The standard InChI is InChI=1S/C23H16ClF12N5O4/c1-40-18(41-8-11(7-37-41)10-2-5-14(24)13(6-10)16(42)38-12-3-4-12)15(20(27,28)29)17(39-40)43-9-19(25,26)44-21(30,31)22(32,33)45-23(34,35)36/h2,5-8,12H,3-4,9H2,1H3,(H,38,42). The molecule has 0 radical (unpaired) electrons. The lowest BCUT2D eigenvalue weighted by atomic mass is 10.1. The van der Waals surface area contributed by atoms with Gasteiger partial charge in [0.25, 0.3) is 5.91 Å². The third-order valence-corrected chi connectivity index (χ3v) is 6.09. The van der Waals surface area contributed by atoms with Gasteiger partial charge in [0.05, 0.1) is 16.8 Å². The van der Waals surface area contributed by atoms with Crippen LogP contribution in [0.25, 0.3) is 16.9 Å². The van der Waals surface area contributed by atoms with E-state index in [4.69, 9.17) is 11.6 Å². The van der Waals surface area contributed by atoms with E-state index in [0.29, 0.717) is 9.36 Å². The third-order valence-electron chi connectivity index (χ3n) is 5.76. The molecule has 0 saturated heterocycles. The quantitative estimate of drug-likeness (QED) is 0.230. The van der Waals surface area contributed by atoms with Crippen LogP contribution in [0.1, 0.15) is 28.8 Å². The number of ether oxygens (including phenoxy) is 3. The van der Waals surface area contributed by atoms with Crippen LogP contribution in [0.3, 0.4) is 0 Å². The van der Waals surface area contributed by atoms with Gasteiger partial charge in [-0.05, 0) is 30.5 Å². The molecule has 0 aliphatic heterocycles. The summed E-state index contributed by atoms with van der Waals surface area (Å²) in [6.07, 6.45) is -27.2. The summed E-state index contributed by atoms with van der Waals surface area (Å²) in [6.45, 7) is -2.65. The lowest BCUT2D eigenvalue weighted by molar-refractivity contribution is -0.529. The number of rotatable bonds is 11. The molecular formula is C23H16ClF12N5O4. The maximum Gasteiger partial charge on any atom is 0.527 e. The minimum atomic E-state index is -6.67. The van der Waals surface area contributed by atoms with Gasteiger partial charge in [0.15, 0.2) is 18.0 Å². The Hall–Kier alpha value is -3.72. The molecular weight excluding hydrogens is 674 g/mol. The zero-order valence-electron chi connectivity index (χ0n) is 21.9. The molecule has 1 saturated carbocycles. The number of hydrogen-bond acceptors (Lipinski definition) is 6. The van der Waals surface area contributed by atoms with Gasteiger partial charge >= 0.3 is 30.9 Å². The number of alkyl halides is 12. The minimum Gasteiger partial charge on any atom is -0.467 e. The van der Waals surface area contributed by atoms with Gasteiger partial charge in [0.1, 0.15) is 0 Å². The van der Waals surface area contributed by atoms with Crippen LogP contribution in [0.15, 0.2) is 30.6 Å². The Morgan fingerprint density at radius 2 is 1.60 bits per heavy atom. The third kappa shape index (κ3) is 7.93. The van der Waals surface area contributed by atoms with E-state index in [-0.39, 0.29) is 27.8 Å². The van der Waals surface area contributed by atoms with Gasteiger partial charge in [-0.3, -0.25) is 4.79 Å². The summed E-state index contributed by atoms with van der Waals surface area (Å²) in [4.78, 5) is 12.5. The van der Waals surface area contributed by atoms with Crippen LogP contribution in [0.2, 0.25) is 5.02 Å². The molecule has 248 valence electrons. The molecule has 0 unspecified atom stereocenters. The molecule has 0 atom stereocenters. The van der Waals surface area contributed by atoms with Crippen molar-refractivity contribution in [1.29, 1.82) is 0 Å². The minimum absolute atomic E-state index is 0.0191. The first-order valence-corrected chi connectivity index (χ1v) is 12.4. The SMILES string of the molecule is Cn1nc(OCC(F)(F)OC(F)(F)C(F)(F)OC(F)(F)F)c(C(F)(F)F)c1-n1cc(-c2ccc(Cl)c(C(=O)NC3CC3)c2)cn1. The maximum atomic E-state index is 14.0. The van der Waals surface area contributed by atoms with Crippen LogP contribution in [0.5, 0.6) is 5.88 Å². The normalized spacial score (nSPS) is 15.0. The molecule has 1 aliphatic carbocycles. The lowest BCUT2D eigenvalue weighted by Gasteiger charge is -2.29. The largest absolute Gasteiger partial charge is 0.527 e. The molecule has 2 aromatic heterocycles.